The van der Waals surface area contributed by atoms with Gasteiger partial charge in [0.2, 0.25) is 0 Å². The van der Waals surface area contributed by atoms with Gasteiger partial charge < -0.3 is 10.0 Å². The molecule has 1 rings (SSSR count). The zero-order chi connectivity index (χ0) is 13.7. The number of nitrogens with one attached hydrogen (secondary N) is 1. The Bertz CT molecular complexity index is 430. The summed E-state index contributed by atoms with van der Waals surface area (Å²) >= 11 is 0. The molecule has 1 unspecified atom stereocenters. The molecule has 18 heavy (non-hydrogen) atoms. The van der Waals surface area contributed by atoms with E-state index < -0.39 is 5.97 Å². The number of aryl methyl sites for hydroxylation is 1. The normalized spacial score (nSPS) is 11.9. The molecule has 7 heteroatoms. The SMILES string of the molecule is CCN(C(=O)Nc1ccn(C)n1)C(C)CC(=O)O. The summed E-state index contributed by atoms with van der Waals surface area (Å²) in [7, 11) is 1.75. The third-order valence-corrected chi connectivity index (χ3v) is 2.55. The first-order valence-electron chi connectivity index (χ1n) is 5.73. The minimum absolute atomic E-state index is 0.0799. The van der Waals surface area contributed by atoms with Crippen molar-refractivity contribution in [3.63, 3.8) is 0 Å². The zero-order valence-corrected chi connectivity index (χ0v) is 10.8. The fourth-order valence-corrected chi connectivity index (χ4v) is 1.68. The molecule has 1 aromatic heterocycles. The molecule has 0 aliphatic heterocycles. The van der Waals surface area contributed by atoms with E-state index in [4.69, 9.17) is 5.11 Å². The number of hydrogen-bond donors (Lipinski definition) is 2. The highest BCUT2D eigenvalue weighted by molar-refractivity contribution is 5.88. The van der Waals surface area contributed by atoms with Crippen LogP contribution in [0, 0.1) is 0 Å². The van der Waals surface area contributed by atoms with Gasteiger partial charge in [0.15, 0.2) is 5.82 Å². The van der Waals surface area contributed by atoms with Gasteiger partial charge in [0.1, 0.15) is 0 Å². The number of urea groups is 1. The third-order valence-electron chi connectivity index (χ3n) is 2.55. The van der Waals surface area contributed by atoms with Crippen LogP contribution in [0.4, 0.5) is 10.6 Å². The van der Waals surface area contributed by atoms with Gasteiger partial charge in [-0.15, -0.1) is 0 Å². The van der Waals surface area contributed by atoms with E-state index in [9.17, 15) is 9.59 Å². The molecule has 0 saturated heterocycles. The van der Waals surface area contributed by atoms with Crippen molar-refractivity contribution in [2.75, 3.05) is 11.9 Å². The van der Waals surface area contributed by atoms with Gasteiger partial charge in [-0.25, -0.2) is 4.79 Å². The fourth-order valence-electron chi connectivity index (χ4n) is 1.68. The summed E-state index contributed by atoms with van der Waals surface area (Å²) in [4.78, 5) is 24.0. The number of hydrogen-bond acceptors (Lipinski definition) is 3. The lowest BCUT2D eigenvalue weighted by Crippen LogP contribution is -2.42. The Hall–Kier alpha value is -2.05. The van der Waals surface area contributed by atoms with Crippen molar-refractivity contribution in [3.05, 3.63) is 12.3 Å². The van der Waals surface area contributed by atoms with Gasteiger partial charge >= 0.3 is 12.0 Å². The monoisotopic (exact) mass is 254 g/mol. The molecule has 1 atom stereocenters. The number of carboxylic acids is 1. The van der Waals surface area contributed by atoms with E-state index in [0.717, 1.165) is 0 Å². The molecule has 2 N–H and O–H groups in total. The lowest BCUT2D eigenvalue weighted by Gasteiger charge is -2.26. The number of nitrogens with zero attached hydrogens (tertiary/aromatic N) is 3. The van der Waals surface area contributed by atoms with E-state index in [1.807, 2.05) is 0 Å². The quantitative estimate of drug-likeness (QED) is 0.824. The smallest absolute Gasteiger partial charge is 0.323 e. The van der Waals surface area contributed by atoms with Crippen molar-refractivity contribution < 1.29 is 14.7 Å². The van der Waals surface area contributed by atoms with Crippen LogP contribution < -0.4 is 5.32 Å². The standard InChI is InChI=1S/C11H18N4O3/c1-4-15(8(2)7-10(16)17)11(18)12-9-5-6-14(3)13-9/h5-6,8H,4,7H2,1-3H3,(H,16,17)(H,12,13,18). The lowest BCUT2D eigenvalue weighted by atomic mass is 10.2. The summed E-state index contributed by atoms with van der Waals surface area (Å²) in [5.41, 5.74) is 0. The molecule has 0 aliphatic rings. The number of carbonyl (C=O) groups excluding carboxylic acids is 1. The van der Waals surface area contributed by atoms with Crippen LogP contribution in [0.1, 0.15) is 20.3 Å². The molecule has 0 aliphatic carbocycles. The van der Waals surface area contributed by atoms with Crippen LogP contribution in [0.2, 0.25) is 0 Å². The molecular weight excluding hydrogens is 236 g/mol. The Balaban J connectivity index is 2.64. The minimum Gasteiger partial charge on any atom is -0.481 e. The second-order valence-corrected chi connectivity index (χ2v) is 4.04. The van der Waals surface area contributed by atoms with Crippen molar-refractivity contribution in [2.45, 2.75) is 26.3 Å². The highest BCUT2D eigenvalue weighted by atomic mass is 16.4. The molecule has 2 amide bonds. The van der Waals surface area contributed by atoms with Crippen molar-refractivity contribution in [2.24, 2.45) is 7.05 Å². The Morgan fingerprint density at radius 2 is 2.28 bits per heavy atom. The highest BCUT2D eigenvalue weighted by Crippen LogP contribution is 2.08. The molecule has 0 aromatic carbocycles. The average molecular weight is 254 g/mol. The first-order chi connectivity index (χ1) is 8.43. The second kappa shape index (κ2) is 6.04. The summed E-state index contributed by atoms with van der Waals surface area (Å²) in [6.45, 7) is 3.94. The van der Waals surface area contributed by atoms with Crippen LogP contribution in [0.3, 0.4) is 0 Å². The van der Waals surface area contributed by atoms with Gasteiger partial charge in [0, 0.05) is 31.9 Å². The van der Waals surface area contributed by atoms with Gasteiger partial charge in [-0.3, -0.25) is 14.8 Å². The predicted molar refractivity (Wildman–Crippen MR) is 66.3 cm³/mol. The number of rotatable bonds is 5. The number of anilines is 1. The van der Waals surface area contributed by atoms with E-state index >= 15 is 0 Å². The van der Waals surface area contributed by atoms with E-state index in [0.29, 0.717) is 12.4 Å². The van der Waals surface area contributed by atoms with Crippen molar-refractivity contribution >= 4 is 17.8 Å². The van der Waals surface area contributed by atoms with Crippen molar-refractivity contribution in [3.8, 4) is 0 Å². The van der Waals surface area contributed by atoms with Crippen LogP contribution in [0.15, 0.2) is 12.3 Å². The zero-order valence-electron chi connectivity index (χ0n) is 10.8. The number of carbonyl (C=O) groups is 2. The molecule has 1 aromatic rings. The molecule has 1 heterocycles. The van der Waals surface area contributed by atoms with Crippen LogP contribution in [-0.4, -0.2) is 44.4 Å². The summed E-state index contributed by atoms with van der Waals surface area (Å²) in [6, 6.07) is 0.967. The Kier molecular flexibility index (Phi) is 4.70. The van der Waals surface area contributed by atoms with Gasteiger partial charge in [0.25, 0.3) is 0 Å². The largest absolute Gasteiger partial charge is 0.481 e. The molecule has 0 radical (unpaired) electrons. The molecule has 0 saturated carbocycles. The molecular formula is C11H18N4O3. The maximum Gasteiger partial charge on any atom is 0.323 e. The summed E-state index contributed by atoms with van der Waals surface area (Å²) in [5.74, 6) is -0.477. The average Bonchev–Trinajstić information content (AvgIpc) is 2.63. The first kappa shape index (κ1) is 14.0. The maximum atomic E-state index is 11.9. The van der Waals surface area contributed by atoms with E-state index in [1.165, 1.54) is 4.90 Å². The van der Waals surface area contributed by atoms with Crippen LogP contribution in [0.25, 0.3) is 0 Å². The molecule has 0 bridgehead atoms. The predicted octanol–water partition coefficient (Wildman–Crippen LogP) is 1.14. The van der Waals surface area contributed by atoms with Gasteiger partial charge in [0.05, 0.1) is 6.42 Å². The van der Waals surface area contributed by atoms with Crippen LogP contribution in [-0.2, 0) is 11.8 Å². The summed E-state index contributed by atoms with van der Waals surface area (Å²) < 4.78 is 1.58. The first-order valence-corrected chi connectivity index (χ1v) is 5.73. The Morgan fingerprint density at radius 3 is 2.72 bits per heavy atom. The van der Waals surface area contributed by atoms with Gasteiger partial charge in [-0.2, -0.15) is 5.10 Å². The Labute approximate surface area is 105 Å². The minimum atomic E-state index is -0.924. The highest BCUT2D eigenvalue weighted by Gasteiger charge is 2.21. The third kappa shape index (κ3) is 3.76. The number of amides is 2. The maximum absolute atomic E-state index is 11.9. The van der Waals surface area contributed by atoms with Crippen molar-refractivity contribution in [1.29, 1.82) is 0 Å². The van der Waals surface area contributed by atoms with E-state index in [1.54, 1.807) is 37.8 Å². The topological polar surface area (TPSA) is 87.5 Å². The number of aromatic nitrogens is 2. The molecule has 0 spiro atoms. The fraction of sp³-hybridized carbons (Fsp3) is 0.545. The molecule has 0 fully saturated rings. The number of aliphatic carboxylic acids is 1. The van der Waals surface area contributed by atoms with Crippen molar-refractivity contribution in [1.82, 2.24) is 14.7 Å². The van der Waals surface area contributed by atoms with Gasteiger partial charge in [-0.05, 0) is 13.8 Å². The Morgan fingerprint density at radius 1 is 1.61 bits per heavy atom. The summed E-state index contributed by atoms with van der Waals surface area (Å²) in [5, 5.41) is 15.4. The molecule has 7 nitrogen and oxygen atoms in total. The molecule has 100 valence electrons. The van der Waals surface area contributed by atoms with Gasteiger partial charge in [-0.1, -0.05) is 0 Å². The van der Waals surface area contributed by atoms with Crippen LogP contribution >= 0.6 is 0 Å². The summed E-state index contributed by atoms with van der Waals surface area (Å²) in [6.07, 6.45) is 1.63. The van der Waals surface area contributed by atoms with E-state index in [-0.39, 0.29) is 18.5 Å². The number of carboxylic acid groups (broad SMARTS) is 1. The van der Waals surface area contributed by atoms with Crippen LogP contribution in [0.5, 0.6) is 0 Å². The lowest BCUT2D eigenvalue weighted by molar-refractivity contribution is -0.137. The second-order valence-electron chi connectivity index (χ2n) is 4.04. The van der Waals surface area contributed by atoms with E-state index in [2.05, 4.69) is 10.4 Å².